The molecule has 136 valence electrons. The van der Waals surface area contributed by atoms with Crippen molar-refractivity contribution in [3.63, 3.8) is 0 Å². The maximum Gasteiger partial charge on any atom is 0.282 e. The number of nitrogens with zero attached hydrogens (tertiary/aromatic N) is 4. The fourth-order valence-electron chi connectivity index (χ4n) is 2.08. The molecule has 10 nitrogen and oxygen atoms in total. The first-order chi connectivity index (χ1) is 12.4. The SMILES string of the molecule is COc1ccc(S(=O)(=O)n2ccc(C(=O)NCc3nc(C)no3)n2)cc1. The lowest BCUT2D eigenvalue weighted by Crippen LogP contribution is -2.24. The van der Waals surface area contributed by atoms with Gasteiger partial charge in [0.05, 0.1) is 18.6 Å². The lowest BCUT2D eigenvalue weighted by atomic mass is 10.3. The number of ether oxygens (including phenoxy) is 1. The van der Waals surface area contributed by atoms with Crippen LogP contribution in [-0.2, 0) is 16.6 Å². The largest absolute Gasteiger partial charge is 0.497 e. The Bertz CT molecular complexity index is 1020. The van der Waals surface area contributed by atoms with Gasteiger partial charge in [0.1, 0.15) is 5.75 Å². The molecule has 0 fully saturated rings. The van der Waals surface area contributed by atoms with Gasteiger partial charge in [-0.25, -0.2) is 0 Å². The summed E-state index contributed by atoms with van der Waals surface area (Å²) in [5.74, 6) is 0.649. The van der Waals surface area contributed by atoms with Gasteiger partial charge < -0.3 is 14.6 Å². The molecule has 0 aliphatic rings. The molecule has 0 saturated carbocycles. The van der Waals surface area contributed by atoms with Gasteiger partial charge in [-0.2, -0.15) is 22.6 Å². The molecule has 3 aromatic rings. The zero-order valence-corrected chi connectivity index (χ0v) is 14.7. The Hall–Kier alpha value is -3.21. The van der Waals surface area contributed by atoms with Crippen molar-refractivity contribution in [1.82, 2.24) is 24.6 Å². The number of methoxy groups -OCH3 is 1. The van der Waals surface area contributed by atoms with Crippen LogP contribution in [0.5, 0.6) is 5.75 Å². The maximum absolute atomic E-state index is 12.5. The number of aryl methyl sites for hydroxylation is 1. The highest BCUT2D eigenvalue weighted by molar-refractivity contribution is 7.89. The summed E-state index contributed by atoms with van der Waals surface area (Å²) >= 11 is 0. The Morgan fingerprint density at radius 2 is 2.00 bits per heavy atom. The molecule has 2 heterocycles. The number of benzene rings is 1. The van der Waals surface area contributed by atoms with E-state index in [4.69, 9.17) is 9.26 Å². The first-order valence-corrected chi connectivity index (χ1v) is 8.87. The molecule has 0 bridgehead atoms. The number of hydrogen-bond acceptors (Lipinski definition) is 8. The van der Waals surface area contributed by atoms with Gasteiger partial charge in [0, 0.05) is 6.20 Å². The Labute approximate surface area is 148 Å². The fourth-order valence-corrected chi connectivity index (χ4v) is 3.19. The number of amides is 1. The van der Waals surface area contributed by atoms with Gasteiger partial charge in [-0.1, -0.05) is 5.16 Å². The second-order valence-corrected chi connectivity index (χ2v) is 6.97. The third-order valence-corrected chi connectivity index (χ3v) is 4.94. The summed E-state index contributed by atoms with van der Waals surface area (Å²) in [4.78, 5) is 16.1. The molecule has 0 aliphatic carbocycles. The summed E-state index contributed by atoms with van der Waals surface area (Å²) < 4.78 is 35.7. The van der Waals surface area contributed by atoms with Gasteiger partial charge in [-0.05, 0) is 37.3 Å². The molecule has 0 unspecified atom stereocenters. The van der Waals surface area contributed by atoms with Gasteiger partial charge in [0.25, 0.3) is 15.9 Å². The fraction of sp³-hybridized carbons (Fsp3) is 0.200. The Morgan fingerprint density at radius 3 is 2.62 bits per heavy atom. The molecule has 26 heavy (non-hydrogen) atoms. The van der Waals surface area contributed by atoms with Crippen LogP contribution in [0.2, 0.25) is 0 Å². The molecule has 0 radical (unpaired) electrons. The monoisotopic (exact) mass is 377 g/mol. The third kappa shape index (κ3) is 3.57. The van der Waals surface area contributed by atoms with Crippen LogP contribution < -0.4 is 10.1 Å². The van der Waals surface area contributed by atoms with E-state index in [0.29, 0.717) is 11.6 Å². The first-order valence-electron chi connectivity index (χ1n) is 7.43. The smallest absolute Gasteiger partial charge is 0.282 e. The van der Waals surface area contributed by atoms with Crippen molar-refractivity contribution in [1.29, 1.82) is 0 Å². The van der Waals surface area contributed by atoms with Crippen molar-refractivity contribution in [2.24, 2.45) is 0 Å². The highest BCUT2D eigenvalue weighted by atomic mass is 32.2. The van der Waals surface area contributed by atoms with Gasteiger partial charge in [0.15, 0.2) is 11.5 Å². The van der Waals surface area contributed by atoms with E-state index in [-0.39, 0.29) is 23.0 Å². The molecule has 0 saturated heterocycles. The van der Waals surface area contributed by atoms with Crippen molar-refractivity contribution in [2.75, 3.05) is 7.11 Å². The summed E-state index contributed by atoms with van der Waals surface area (Å²) in [5.41, 5.74) is -0.0571. The second kappa shape index (κ2) is 6.96. The molecular formula is C15H15N5O5S. The quantitative estimate of drug-likeness (QED) is 0.666. The first kappa shape index (κ1) is 17.6. The zero-order valence-electron chi connectivity index (χ0n) is 13.9. The normalized spacial score (nSPS) is 11.3. The van der Waals surface area contributed by atoms with E-state index in [0.717, 1.165) is 4.09 Å². The second-order valence-electron chi connectivity index (χ2n) is 5.17. The molecule has 0 spiro atoms. The van der Waals surface area contributed by atoms with Crippen LogP contribution in [0.15, 0.2) is 45.9 Å². The van der Waals surface area contributed by atoms with Gasteiger partial charge >= 0.3 is 0 Å². The number of nitrogens with one attached hydrogen (secondary N) is 1. The maximum atomic E-state index is 12.5. The van der Waals surface area contributed by atoms with Crippen LogP contribution >= 0.6 is 0 Å². The summed E-state index contributed by atoms with van der Waals surface area (Å²) in [6.45, 7) is 1.66. The molecule has 3 rings (SSSR count). The highest BCUT2D eigenvalue weighted by Gasteiger charge is 2.20. The van der Waals surface area contributed by atoms with Crippen LogP contribution in [0.4, 0.5) is 0 Å². The third-order valence-electron chi connectivity index (χ3n) is 3.37. The van der Waals surface area contributed by atoms with Crippen LogP contribution in [0.1, 0.15) is 22.2 Å². The van der Waals surface area contributed by atoms with Gasteiger partial charge in [-0.15, -0.1) is 0 Å². The predicted molar refractivity (Wildman–Crippen MR) is 88.0 cm³/mol. The van der Waals surface area contributed by atoms with Crippen molar-refractivity contribution in [3.8, 4) is 5.75 Å². The van der Waals surface area contributed by atoms with E-state index in [1.165, 1.54) is 43.6 Å². The average molecular weight is 377 g/mol. The van der Waals surface area contributed by atoms with E-state index < -0.39 is 15.9 Å². The lowest BCUT2D eigenvalue weighted by molar-refractivity contribution is 0.0941. The standard InChI is InChI=1S/C15H15N5O5S/c1-10-17-14(25-19-10)9-16-15(21)13-7-8-20(18-13)26(22,23)12-5-3-11(24-2)4-6-12/h3-8H,9H2,1-2H3,(H,16,21). The molecular weight excluding hydrogens is 362 g/mol. The van der Waals surface area contributed by atoms with Crippen LogP contribution in [-0.4, -0.2) is 40.8 Å². The van der Waals surface area contributed by atoms with E-state index in [1.807, 2.05) is 0 Å². The van der Waals surface area contributed by atoms with Crippen LogP contribution in [0, 0.1) is 6.92 Å². The highest BCUT2D eigenvalue weighted by Crippen LogP contribution is 2.17. The van der Waals surface area contributed by atoms with Crippen molar-refractivity contribution >= 4 is 15.9 Å². The number of hydrogen-bond donors (Lipinski definition) is 1. The number of carbonyl (C=O) groups is 1. The molecule has 11 heteroatoms. The number of carbonyl (C=O) groups excluding carboxylic acids is 1. The zero-order chi connectivity index (χ0) is 18.7. The summed E-state index contributed by atoms with van der Waals surface area (Å²) in [7, 11) is -2.43. The van der Waals surface area contributed by atoms with Gasteiger partial charge in [-0.3, -0.25) is 4.79 Å². The van der Waals surface area contributed by atoms with E-state index in [9.17, 15) is 13.2 Å². The van der Waals surface area contributed by atoms with E-state index in [2.05, 4.69) is 20.6 Å². The molecule has 0 aliphatic heterocycles. The minimum absolute atomic E-state index is 0.0117. The molecule has 1 N–H and O–H groups in total. The lowest BCUT2D eigenvalue weighted by Gasteiger charge is -2.05. The Morgan fingerprint density at radius 1 is 1.27 bits per heavy atom. The summed E-state index contributed by atoms with van der Waals surface area (Å²) in [6.07, 6.45) is 1.20. The topological polar surface area (TPSA) is 129 Å². The van der Waals surface area contributed by atoms with Crippen molar-refractivity contribution < 1.29 is 22.5 Å². The predicted octanol–water partition coefficient (Wildman–Crippen LogP) is 0.750. The Kier molecular flexibility index (Phi) is 4.71. The van der Waals surface area contributed by atoms with Crippen molar-refractivity contribution in [2.45, 2.75) is 18.4 Å². The minimum Gasteiger partial charge on any atom is -0.497 e. The van der Waals surface area contributed by atoms with E-state index in [1.54, 1.807) is 6.92 Å². The van der Waals surface area contributed by atoms with Gasteiger partial charge in [0.2, 0.25) is 5.89 Å². The van der Waals surface area contributed by atoms with Crippen molar-refractivity contribution in [3.05, 3.63) is 53.9 Å². The van der Waals surface area contributed by atoms with E-state index >= 15 is 0 Å². The molecule has 0 atom stereocenters. The van der Waals surface area contributed by atoms with Crippen LogP contribution in [0.25, 0.3) is 0 Å². The summed E-state index contributed by atoms with van der Waals surface area (Å²) in [5, 5.41) is 9.97. The average Bonchev–Trinajstić information content (AvgIpc) is 3.29. The molecule has 1 amide bonds. The molecule has 2 aromatic heterocycles. The van der Waals surface area contributed by atoms with Crippen LogP contribution in [0.3, 0.4) is 0 Å². The minimum atomic E-state index is -3.91. The summed E-state index contributed by atoms with van der Waals surface area (Å²) in [6, 6.07) is 7.14. The number of rotatable bonds is 6. The Balaban J connectivity index is 1.74. The number of aromatic nitrogens is 4. The molecule has 1 aromatic carbocycles.